The molecule has 5 heteroatoms. The van der Waals surface area contributed by atoms with Crippen LogP contribution >= 0.6 is 0 Å². The van der Waals surface area contributed by atoms with Crippen molar-refractivity contribution in [3.05, 3.63) is 29.6 Å². The lowest BCUT2D eigenvalue weighted by atomic mass is 9.97. The van der Waals surface area contributed by atoms with Gasteiger partial charge in [0.15, 0.2) is 0 Å². The van der Waals surface area contributed by atoms with Crippen LogP contribution in [0.2, 0.25) is 0 Å². The molecule has 0 unspecified atom stereocenters. The maximum absolute atomic E-state index is 14.2. The van der Waals surface area contributed by atoms with Crippen LogP contribution in [0.5, 0.6) is 0 Å². The molecular formula is C15H20FNO3. The van der Waals surface area contributed by atoms with Crippen LogP contribution < -0.4 is 4.90 Å². The lowest BCUT2D eigenvalue weighted by Crippen LogP contribution is -2.57. The fourth-order valence-corrected chi connectivity index (χ4v) is 2.96. The third kappa shape index (κ3) is 2.93. The molecule has 0 saturated carbocycles. The number of carboxylic acids is 1. The van der Waals surface area contributed by atoms with Crippen molar-refractivity contribution in [1.82, 2.24) is 0 Å². The molecule has 0 amide bonds. The fraction of sp³-hybridized carbons (Fsp3) is 0.533. The van der Waals surface area contributed by atoms with E-state index in [-0.39, 0.29) is 11.3 Å². The van der Waals surface area contributed by atoms with E-state index in [1.54, 1.807) is 4.90 Å². The summed E-state index contributed by atoms with van der Waals surface area (Å²) >= 11 is 0. The van der Waals surface area contributed by atoms with Crippen molar-refractivity contribution >= 4 is 11.7 Å². The van der Waals surface area contributed by atoms with E-state index in [2.05, 4.69) is 0 Å². The fourth-order valence-electron chi connectivity index (χ4n) is 2.96. The number of benzene rings is 1. The smallest absolute Gasteiger partial charge is 0.337 e. The number of rotatable bonds is 2. The molecule has 0 aromatic heterocycles. The molecule has 2 rings (SSSR count). The van der Waals surface area contributed by atoms with Gasteiger partial charge in [0.2, 0.25) is 0 Å². The van der Waals surface area contributed by atoms with Gasteiger partial charge in [0.05, 0.1) is 22.5 Å². The molecule has 1 aliphatic heterocycles. The van der Waals surface area contributed by atoms with E-state index in [4.69, 9.17) is 4.74 Å². The number of halogens is 1. The average Bonchev–Trinajstić information content (AvgIpc) is 2.23. The second-order valence-electron chi connectivity index (χ2n) is 6.42. The monoisotopic (exact) mass is 281 g/mol. The maximum Gasteiger partial charge on any atom is 0.337 e. The predicted octanol–water partition coefficient (Wildman–Crippen LogP) is 2.92. The number of carbonyl (C=O) groups is 1. The van der Waals surface area contributed by atoms with Gasteiger partial charge in [0.1, 0.15) is 5.82 Å². The molecule has 1 heterocycles. The standard InChI is InChI=1S/C15H20FNO3/c1-14(2)8-17(9-15(3,4)20-14)12-10(13(18)19)6-5-7-11(12)16/h5-7H,8-9H2,1-4H3,(H,18,19). The summed E-state index contributed by atoms with van der Waals surface area (Å²) in [5.41, 5.74) is -0.817. The second kappa shape index (κ2) is 4.74. The van der Waals surface area contributed by atoms with Gasteiger partial charge in [-0.05, 0) is 39.8 Å². The Hall–Kier alpha value is -1.62. The van der Waals surface area contributed by atoms with Crippen LogP contribution in [-0.2, 0) is 4.74 Å². The lowest BCUT2D eigenvalue weighted by molar-refractivity contribution is -0.133. The highest BCUT2D eigenvalue weighted by atomic mass is 19.1. The first-order valence-corrected chi connectivity index (χ1v) is 6.58. The van der Waals surface area contributed by atoms with Gasteiger partial charge < -0.3 is 14.7 Å². The first-order valence-electron chi connectivity index (χ1n) is 6.58. The molecule has 1 aromatic carbocycles. The normalized spacial score (nSPS) is 20.8. The average molecular weight is 281 g/mol. The Kier molecular flexibility index (Phi) is 3.50. The van der Waals surface area contributed by atoms with Gasteiger partial charge in [-0.25, -0.2) is 9.18 Å². The minimum atomic E-state index is -1.12. The molecule has 0 bridgehead atoms. The van der Waals surface area contributed by atoms with Gasteiger partial charge in [-0.1, -0.05) is 6.07 Å². The molecule has 4 nitrogen and oxygen atoms in total. The molecular weight excluding hydrogens is 261 g/mol. The van der Waals surface area contributed by atoms with E-state index in [9.17, 15) is 14.3 Å². The van der Waals surface area contributed by atoms with Crippen molar-refractivity contribution in [2.45, 2.75) is 38.9 Å². The zero-order valence-electron chi connectivity index (χ0n) is 12.2. The topological polar surface area (TPSA) is 49.8 Å². The van der Waals surface area contributed by atoms with E-state index in [0.717, 1.165) is 0 Å². The number of carboxylic acid groups (broad SMARTS) is 1. The van der Waals surface area contributed by atoms with E-state index in [0.29, 0.717) is 13.1 Å². The molecule has 0 aliphatic carbocycles. The highest BCUT2D eigenvalue weighted by molar-refractivity contribution is 5.94. The molecule has 110 valence electrons. The molecule has 20 heavy (non-hydrogen) atoms. The number of para-hydroxylation sites is 1. The van der Waals surface area contributed by atoms with Gasteiger partial charge in [-0.2, -0.15) is 0 Å². The van der Waals surface area contributed by atoms with Crippen LogP contribution in [0.3, 0.4) is 0 Å². The second-order valence-corrected chi connectivity index (χ2v) is 6.42. The van der Waals surface area contributed by atoms with Crippen molar-refractivity contribution < 1.29 is 19.0 Å². The number of morpholine rings is 1. The Morgan fingerprint density at radius 2 is 1.80 bits per heavy atom. The first kappa shape index (κ1) is 14.8. The minimum Gasteiger partial charge on any atom is -0.478 e. The third-order valence-electron chi connectivity index (χ3n) is 3.23. The summed E-state index contributed by atoms with van der Waals surface area (Å²) in [7, 11) is 0. The zero-order chi connectivity index (χ0) is 15.1. The number of ether oxygens (including phenoxy) is 1. The Morgan fingerprint density at radius 1 is 1.25 bits per heavy atom. The van der Waals surface area contributed by atoms with Crippen molar-refractivity contribution in [3.63, 3.8) is 0 Å². The van der Waals surface area contributed by atoms with E-state index < -0.39 is 23.0 Å². The number of nitrogens with zero attached hydrogens (tertiary/aromatic N) is 1. The SMILES string of the molecule is CC1(C)CN(c2c(F)cccc2C(=O)O)CC(C)(C)O1. The molecule has 1 fully saturated rings. The van der Waals surface area contributed by atoms with E-state index in [1.807, 2.05) is 27.7 Å². The summed E-state index contributed by atoms with van der Waals surface area (Å²) in [6.07, 6.45) is 0. The van der Waals surface area contributed by atoms with Crippen molar-refractivity contribution in [2.24, 2.45) is 0 Å². The largest absolute Gasteiger partial charge is 0.478 e. The van der Waals surface area contributed by atoms with Gasteiger partial charge in [0.25, 0.3) is 0 Å². The van der Waals surface area contributed by atoms with Gasteiger partial charge >= 0.3 is 5.97 Å². The van der Waals surface area contributed by atoms with Crippen LogP contribution in [0.15, 0.2) is 18.2 Å². The van der Waals surface area contributed by atoms with Crippen LogP contribution in [0.25, 0.3) is 0 Å². The molecule has 0 atom stereocenters. The zero-order valence-corrected chi connectivity index (χ0v) is 12.2. The first-order chi connectivity index (χ1) is 9.11. The quantitative estimate of drug-likeness (QED) is 0.905. The number of aromatic carboxylic acids is 1. The Labute approximate surface area is 118 Å². The lowest BCUT2D eigenvalue weighted by Gasteiger charge is -2.48. The Morgan fingerprint density at radius 3 is 2.30 bits per heavy atom. The molecule has 1 N–H and O–H groups in total. The van der Waals surface area contributed by atoms with Gasteiger partial charge in [-0.3, -0.25) is 0 Å². The van der Waals surface area contributed by atoms with E-state index in [1.165, 1.54) is 18.2 Å². The Bertz CT molecular complexity index is 524. The summed E-state index contributed by atoms with van der Waals surface area (Å²) in [5.74, 6) is -1.64. The summed E-state index contributed by atoms with van der Waals surface area (Å²) < 4.78 is 20.1. The van der Waals surface area contributed by atoms with Crippen LogP contribution in [0.1, 0.15) is 38.1 Å². The Balaban J connectivity index is 2.48. The van der Waals surface area contributed by atoms with Gasteiger partial charge in [0, 0.05) is 13.1 Å². The molecule has 0 radical (unpaired) electrons. The highest BCUT2D eigenvalue weighted by Gasteiger charge is 2.39. The third-order valence-corrected chi connectivity index (χ3v) is 3.23. The summed E-state index contributed by atoms with van der Waals surface area (Å²) in [4.78, 5) is 13.1. The maximum atomic E-state index is 14.2. The van der Waals surface area contributed by atoms with Crippen LogP contribution in [0.4, 0.5) is 10.1 Å². The molecule has 0 spiro atoms. The number of hydrogen-bond acceptors (Lipinski definition) is 3. The molecule has 1 aromatic rings. The van der Waals surface area contributed by atoms with Gasteiger partial charge in [-0.15, -0.1) is 0 Å². The van der Waals surface area contributed by atoms with Crippen LogP contribution in [0, 0.1) is 5.82 Å². The van der Waals surface area contributed by atoms with Crippen molar-refractivity contribution in [2.75, 3.05) is 18.0 Å². The van der Waals surface area contributed by atoms with Crippen LogP contribution in [-0.4, -0.2) is 35.4 Å². The number of anilines is 1. The summed E-state index contributed by atoms with van der Waals surface area (Å²) in [5, 5.41) is 9.26. The molecule has 1 aliphatic rings. The highest BCUT2D eigenvalue weighted by Crippen LogP contribution is 2.34. The van der Waals surface area contributed by atoms with Crippen molar-refractivity contribution in [1.29, 1.82) is 0 Å². The molecule has 1 saturated heterocycles. The van der Waals surface area contributed by atoms with Crippen molar-refractivity contribution in [3.8, 4) is 0 Å². The minimum absolute atomic E-state index is 0.0153. The summed E-state index contributed by atoms with van der Waals surface area (Å²) in [6.45, 7) is 8.56. The van der Waals surface area contributed by atoms with E-state index >= 15 is 0 Å². The number of hydrogen-bond donors (Lipinski definition) is 1. The summed E-state index contributed by atoms with van der Waals surface area (Å²) in [6, 6.07) is 4.13. The predicted molar refractivity (Wildman–Crippen MR) is 74.8 cm³/mol.